The van der Waals surface area contributed by atoms with E-state index in [1.807, 2.05) is 0 Å². The maximum absolute atomic E-state index is 2.41. The largest absolute Gasteiger partial charge is 0.0655 e. The first-order valence-electron chi connectivity index (χ1n) is 8.55. The summed E-state index contributed by atoms with van der Waals surface area (Å²) in [6.07, 6.45) is 5.89. The second-order valence-electron chi connectivity index (χ2n) is 6.65. The molecule has 1 aliphatic carbocycles. The summed E-state index contributed by atoms with van der Waals surface area (Å²) in [4.78, 5) is 0. The van der Waals surface area contributed by atoms with Crippen LogP contribution in [0.2, 0.25) is 0 Å². The van der Waals surface area contributed by atoms with Gasteiger partial charge in [0.1, 0.15) is 0 Å². The lowest BCUT2D eigenvalue weighted by Crippen LogP contribution is -1.93. The SMILES string of the molecule is CCC1=Cc2c(cc(C)cc2-c2ccc(C(C)CC)cc2)C1. The average molecular weight is 290 g/mol. The molecular formula is C22H26. The second-order valence-corrected chi connectivity index (χ2v) is 6.65. The zero-order valence-electron chi connectivity index (χ0n) is 14.2. The molecule has 3 rings (SSSR count). The number of hydrogen-bond acceptors (Lipinski definition) is 0. The lowest BCUT2D eigenvalue weighted by Gasteiger charge is -2.13. The van der Waals surface area contributed by atoms with Gasteiger partial charge in [-0.15, -0.1) is 0 Å². The van der Waals surface area contributed by atoms with Gasteiger partial charge in [-0.2, -0.15) is 0 Å². The van der Waals surface area contributed by atoms with Crippen molar-refractivity contribution in [2.45, 2.75) is 52.9 Å². The van der Waals surface area contributed by atoms with E-state index in [9.17, 15) is 0 Å². The Morgan fingerprint density at radius 2 is 1.77 bits per heavy atom. The molecule has 0 N–H and O–H groups in total. The van der Waals surface area contributed by atoms with E-state index in [0.717, 1.165) is 12.8 Å². The highest BCUT2D eigenvalue weighted by Crippen LogP contribution is 2.36. The maximum Gasteiger partial charge on any atom is -0.00576 e. The molecule has 0 aromatic heterocycles. The minimum atomic E-state index is 0.642. The van der Waals surface area contributed by atoms with Gasteiger partial charge in [0, 0.05) is 0 Å². The summed E-state index contributed by atoms with van der Waals surface area (Å²) >= 11 is 0. The van der Waals surface area contributed by atoms with Crippen LogP contribution in [0, 0.1) is 6.92 Å². The van der Waals surface area contributed by atoms with Crippen molar-refractivity contribution in [1.82, 2.24) is 0 Å². The molecule has 2 aromatic rings. The molecular weight excluding hydrogens is 264 g/mol. The van der Waals surface area contributed by atoms with Crippen molar-refractivity contribution in [1.29, 1.82) is 0 Å². The first-order valence-corrected chi connectivity index (χ1v) is 8.55. The third-order valence-corrected chi connectivity index (χ3v) is 5.03. The molecule has 1 aliphatic rings. The maximum atomic E-state index is 2.41. The fourth-order valence-corrected chi connectivity index (χ4v) is 3.38. The first kappa shape index (κ1) is 15.1. The van der Waals surface area contributed by atoms with Crippen LogP contribution in [0.5, 0.6) is 0 Å². The van der Waals surface area contributed by atoms with E-state index >= 15 is 0 Å². The molecule has 22 heavy (non-hydrogen) atoms. The van der Waals surface area contributed by atoms with Crippen LogP contribution < -0.4 is 0 Å². The molecule has 114 valence electrons. The number of aryl methyl sites for hydroxylation is 1. The third-order valence-electron chi connectivity index (χ3n) is 5.03. The highest BCUT2D eigenvalue weighted by Gasteiger charge is 2.16. The predicted molar refractivity (Wildman–Crippen MR) is 97.3 cm³/mol. The first-order chi connectivity index (χ1) is 10.6. The number of fused-ring (bicyclic) bond motifs is 1. The van der Waals surface area contributed by atoms with Gasteiger partial charge in [-0.3, -0.25) is 0 Å². The molecule has 1 atom stereocenters. The number of allylic oxidation sites excluding steroid dienone is 1. The molecule has 0 aliphatic heterocycles. The Bertz CT molecular complexity index is 702. The highest BCUT2D eigenvalue weighted by atomic mass is 14.2. The van der Waals surface area contributed by atoms with Gasteiger partial charge in [0.05, 0.1) is 0 Å². The lowest BCUT2D eigenvalue weighted by atomic mass is 9.92. The number of rotatable bonds is 4. The van der Waals surface area contributed by atoms with Gasteiger partial charge < -0.3 is 0 Å². The van der Waals surface area contributed by atoms with Gasteiger partial charge >= 0.3 is 0 Å². The molecule has 0 bridgehead atoms. The van der Waals surface area contributed by atoms with Crippen LogP contribution in [0.15, 0.2) is 42.0 Å². The molecule has 2 aromatic carbocycles. The van der Waals surface area contributed by atoms with Crippen LogP contribution in [-0.4, -0.2) is 0 Å². The molecule has 0 spiro atoms. The molecule has 1 unspecified atom stereocenters. The summed E-state index contributed by atoms with van der Waals surface area (Å²) in [6.45, 7) is 9.02. The molecule has 0 fully saturated rings. The third kappa shape index (κ3) is 2.75. The summed E-state index contributed by atoms with van der Waals surface area (Å²) in [7, 11) is 0. The molecule has 0 heterocycles. The molecule has 0 saturated carbocycles. The summed E-state index contributed by atoms with van der Waals surface area (Å²) in [6, 6.07) is 13.9. The Kier molecular flexibility index (Phi) is 4.20. The van der Waals surface area contributed by atoms with E-state index in [1.165, 1.54) is 39.8 Å². The summed E-state index contributed by atoms with van der Waals surface area (Å²) in [5.41, 5.74) is 10.1. The van der Waals surface area contributed by atoms with Gasteiger partial charge in [0.25, 0.3) is 0 Å². The summed E-state index contributed by atoms with van der Waals surface area (Å²) in [5.74, 6) is 0.642. The second kappa shape index (κ2) is 6.12. The smallest absolute Gasteiger partial charge is 0.00576 e. The van der Waals surface area contributed by atoms with Crippen molar-refractivity contribution in [3.63, 3.8) is 0 Å². The molecule has 0 amide bonds. The molecule has 0 saturated heterocycles. The van der Waals surface area contributed by atoms with E-state index < -0.39 is 0 Å². The van der Waals surface area contributed by atoms with Crippen LogP contribution in [0.4, 0.5) is 0 Å². The lowest BCUT2D eigenvalue weighted by molar-refractivity contribution is 0.734. The van der Waals surface area contributed by atoms with Crippen molar-refractivity contribution in [3.8, 4) is 11.1 Å². The topological polar surface area (TPSA) is 0 Å². The van der Waals surface area contributed by atoms with Crippen molar-refractivity contribution in [2.24, 2.45) is 0 Å². The van der Waals surface area contributed by atoms with Crippen LogP contribution in [-0.2, 0) is 6.42 Å². The average Bonchev–Trinajstić information content (AvgIpc) is 2.96. The van der Waals surface area contributed by atoms with E-state index in [-0.39, 0.29) is 0 Å². The molecule has 0 heteroatoms. The molecule has 0 radical (unpaired) electrons. The van der Waals surface area contributed by atoms with Crippen LogP contribution in [0.1, 0.15) is 61.8 Å². The Labute approximate surface area is 134 Å². The number of benzene rings is 2. The highest BCUT2D eigenvalue weighted by molar-refractivity contribution is 5.81. The predicted octanol–water partition coefficient (Wildman–Crippen LogP) is 6.53. The van der Waals surface area contributed by atoms with Crippen molar-refractivity contribution in [3.05, 3.63) is 64.2 Å². The Balaban J connectivity index is 2.04. The van der Waals surface area contributed by atoms with Gasteiger partial charge in [0.2, 0.25) is 0 Å². The fraction of sp³-hybridized carbons (Fsp3) is 0.364. The van der Waals surface area contributed by atoms with E-state index in [1.54, 1.807) is 5.57 Å². The summed E-state index contributed by atoms with van der Waals surface area (Å²) in [5, 5.41) is 0. The van der Waals surface area contributed by atoms with Crippen LogP contribution in [0.25, 0.3) is 17.2 Å². The Morgan fingerprint density at radius 1 is 1.05 bits per heavy atom. The van der Waals surface area contributed by atoms with Crippen molar-refractivity contribution >= 4 is 6.08 Å². The summed E-state index contributed by atoms with van der Waals surface area (Å²) < 4.78 is 0. The zero-order valence-corrected chi connectivity index (χ0v) is 14.2. The standard InChI is InChI=1S/C22H26/c1-5-16(4)18-7-9-19(10-8-18)21-12-15(3)11-20-13-17(6-2)14-22(20)21/h7-12,14,16H,5-6,13H2,1-4H3. The Morgan fingerprint density at radius 3 is 2.41 bits per heavy atom. The Hall–Kier alpha value is -1.82. The van der Waals surface area contributed by atoms with Gasteiger partial charge in [-0.1, -0.05) is 74.4 Å². The monoisotopic (exact) mass is 290 g/mol. The minimum Gasteiger partial charge on any atom is -0.0655 e. The fourth-order valence-electron chi connectivity index (χ4n) is 3.38. The molecule has 0 nitrogen and oxygen atoms in total. The van der Waals surface area contributed by atoms with Crippen LogP contribution >= 0.6 is 0 Å². The van der Waals surface area contributed by atoms with Crippen LogP contribution in [0.3, 0.4) is 0 Å². The van der Waals surface area contributed by atoms with Crippen molar-refractivity contribution < 1.29 is 0 Å². The quantitative estimate of drug-likeness (QED) is 0.601. The van der Waals surface area contributed by atoms with E-state index in [0.29, 0.717) is 5.92 Å². The zero-order chi connectivity index (χ0) is 15.7. The van der Waals surface area contributed by atoms with Gasteiger partial charge in [-0.05, 0) is 59.9 Å². The van der Waals surface area contributed by atoms with Gasteiger partial charge in [-0.25, -0.2) is 0 Å². The normalized spacial score (nSPS) is 14.6. The van der Waals surface area contributed by atoms with Gasteiger partial charge in [0.15, 0.2) is 0 Å². The van der Waals surface area contributed by atoms with Crippen molar-refractivity contribution in [2.75, 3.05) is 0 Å². The minimum absolute atomic E-state index is 0.642. The number of hydrogen-bond donors (Lipinski definition) is 0. The van der Waals surface area contributed by atoms with E-state index in [4.69, 9.17) is 0 Å². The van der Waals surface area contributed by atoms with E-state index in [2.05, 4.69) is 70.2 Å².